The lowest BCUT2D eigenvalue weighted by atomic mass is 9.83. The highest BCUT2D eigenvalue weighted by Crippen LogP contribution is 2.27. The minimum Gasteiger partial charge on any atom is -0.456 e. The van der Waals surface area contributed by atoms with E-state index in [1.54, 1.807) is 31.2 Å². The van der Waals surface area contributed by atoms with E-state index >= 15 is 0 Å². The number of nitrogens with one attached hydrogen (secondary N) is 1. The smallest absolute Gasteiger partial charge is 0.417 e. The third-order valence-corrected chi connectivity index (χ3v) is 6.42. The predicted octanol–water partition coefficient (Wildman–Crippen LogP) is 4.24. The average Bonchev–Trinajstić information content (AvgIpc) is 3.21. The SMILES string of the molecule is CCC[C@H]1COC(=O)N1C(=O)[C@](Cc1ccccc1)(NCc1ccc(C(=O)OC(C)(C)C)cc1)[C@@H](C)O. The van der Waals surface area contributed by atoms with Gasteiger partial charge in [0, 0.05) is 13.0 Å². The van der Waals surface area contributed by atoms with E-state index < -0.39 is 35.2 Å². The van der Waals surface area contributed by atoms with Crippen LogP contribution in [0.5, 0.6) is 0 Å². The van der Waals surface area contributed by atoms with Crippen LogP contribution in [0.15, 0.2) is 54.6 Å². The van der Waals surface area contributed by atoms with Gasteiger partial charge in [0.15, 0.2) is 0 Å². The largest absolute Gasteiger partial charge is 0.456 e. The van der Waals surface area contributed by atoms with Crippen LogP contribution in [0.1, 0.15) is 68.9 Å². The molecule has 0 radical (unpaired) electrons. The summed E-state index contributed by atoms with van der Waals surface area (Å²) in [6.07, 6.45) is -0.251. The number of carbonyl (C=O) groups is 3. The molecular formula is C29H38N2O6. The van der Waals surface area contributed by atoms with Gasteiger partial charge in [0.1, 0.15) is 17.7 Å². The summed E-state index contributed by atoms with van der Waals surface area (Å²) in [5.74, 6) is -0.934. The Kier molecular flexibility index (Phi) is 9.10. The third-order valence-electron chi connectivity index (χ3n) is 6.42. The second kappa shape index (κ2) is 11.9. The summed E-state index contributed by atoms with van der Waals surface area (Å²) in [4.78, 5) is 40.2. The molecule has 3 atom stereocenters. The molecule has 2 amide bonds. The Morgan fingerprint density at radius 2 is 1.76 bits per heavy atom. The Balaban J connectivity index is 1.89. The summed E-state index contributed by atoms with van der Waals surface area (Å²) in [5, 5.41) is 14.3. The van der Waals surface area contributed by atoms with Gasteiger partial charge in [-0.05, 0) is 57.4 Å². The van der Waals surface area contributed by atoms with Gasteiger partial charge in [0.05, 0.1) is 17.7 Å². The number of esters is 1. The van der Waals surface area contributed by atoms with Gasteiger partial charge in [-0.15, -0.1) is 0 Å². The summed E-state index contributed by atoms with van der Waals surface area (Å²) in [6.45, 7) is 9.33. The van der Waals surface area contributed by atoms with Crippen LogP contribution in [0.4, 0.5) is 4.79 Å². The van der Waals surface area contributed by atoms with E-state index in [9.17, 15) is 19.5 Å². The molecule has 8 heteroatoms. The Morgan fingerprint density at radius 3 is 2.32 bits per heavy atom. The van der Waals surface area contributed by atoms with E-state index in [1.807, 2.05) is 58.0 Å². The number of imide groups is 1. The number of nitrogens with zero attached hydrogens (tertiary/aromatic N) is 1. The molecule has 1 saturated heterocycles. The lowest BCUT2D eigenvalue weighted by Gasteiger charge is -2.39. The fourth-order valence-electron chi connectivity index (χ4n) is 4.43. The van der Waals surface area contributed by atoms with Crippen molar-refractivity contribution in [3.05, 3.63) is 71.3 Å². The number of hydrogen-bond donors (Lipinski definition) is 2. The van der Waals surface area contributed by atoms with Gasteiger partial charge < -0.3 is 14.6 Å². The number of rotatable bonds is 10. The Morgan fingerprint density at radius 1 is 1.11 bits per heavy atom. The molecule has 0 aromatic heterocycles. The van der Waals surface area contributed by atoms with Crippen LogP contribution in [0, 0.1) is 0 Å². The predicted molar refractivity (Wildman–Crippen MR) is 140 cm³/mol. The number of aliphatic hydroxyl groups excluding tert-OH is 1. The molecule has 2 aromatic carbocycles. The van der Waals surface area contributed by atoms with Crippen LogP contribution in [-0.4, -0.2) is 57.9 Å². The molecule has 2 aromatic rings. The average molecular weight is 511 g/mol. The monoisotopic (exact) mass is 510 g/mol. The first-order valence-electron chi connectivity index (χ1n) is 12.8. The zero-order valence-corrected chi connectivity index (χ0v) is 22.3. The highest BCUT2D eigenvalue weighted by molar-refractivity contribution is 5.99. The minimum atomic E-state index is -1.49. The summed E-state index contributed by atoms with van der Waals surface area (Å²) in [5.41, 5.74) is -0.0294. The zero-order valence-electron chi connectivity index (χ0n) is 22.3. The van der Waals surface area contributed by atoms with Crippen molar-refractivity contribution in [3.8, 4) is 0 Å². The molecule has 2 N–H and O–H groups in total. The lowest BCUT2D eigenvalue weighted by Crippen LogP contribution is -2.66. The Labute approximate surface area is 219 Å². The normalized spacial score (nSPS) is 18.2. The number of aliphatic hydroxyl groups is 1. The number of benzene rings is 2. The molecule has 1 fully saturated rings. The molecule has 0 unspecified atom stereocenters. The lowest BCUT2D eigenvalue weighted by molar-refractivity contribution is -0.141. The van der Waals surface area contributed by atoms with Gasteiger partial charge in [0.2, 0.25) is 0 Å². The van der Waals surface area contributed by atoms with Crippen molar-refractivity contribution in [2.24, 2.45) is 0 Å². The maximum Gasteiger partial charge on any atom is 0.417 e. The highest BCUT2D eigenvalue weighted by Gasteiger charge is 2.51. The first kappa shape index (κ1) is 28.3. The number of ether oxygens (including phenoxy) is 2. The van der Waals surface area contributed by atoms with E-state index in [1.165, 1.54) is 0 Å². The topological polar surface area (TPSA) is 105 Å². The molecule has 1 aliphatic heterocycles. The molecule has 3 rings (SSSR count). The standard InChI is InChI=1S/C29H38N2O6/c1-6-10-24-19-36-27(35)31(24)26(34)29(20(2)32,17-21-11-8-7-9-12-21)30-18-22-13-15-23(16-14-22)25(33)37-28(3,4)5/h7-9,11-16,20,24,30,32H,6,10,17-19H2,1-5H3/t20-,24+,29-/m1/s1. The van der Waals surface area contributed by atoms with Crippen molar-refractivity contribution in [1.82, 2.24) is 10.2 Å². The molecule has 1 heterocycles. The van der Waals surface area contributed by atoms with Gasteiger partial charge in [-0.3, -0.25) is 10.1 Å². The molecule has 0 spiro atoms. The van der Waals surface area contributed by atoms with Crippen molar-refractivity contribution in [2.75, 3.05) is 6.61 Å². The Bertz CT molecular complexity index is 1080. The van der Waals surface area contributed by atoms with Crippen molar-refractivity contribution >= 4 is 18.0 Å². The molecule has 37 heavy (non-hydrogen) atoms. The molecule has 8 nitrogen and oxygen atoms in total. The van der Waals surface area contributed by atoms with E-state index in [-0.39, 0.29) is 25.6 Å². The van der Waals surface area contributed by atoms with Gasteiger partial charge in [-0.1, -0.05) is 55.8 Å². The first-order valence-corrected chi connectivity index (χ1v) is 12.8. The maximum atomic E-state index is 14.0. The highest BCUT2D eigenvalue weighted by atomic mass is 16.6. The van der Waals surface area contributed by atoms with Crippen molar-refractivity contribution in [2.45, 2.75) is 83.7 Å². The zero-order chi connectivity index (χ0) is 27.2. The van der Waals surface area contributed by atoms with E-state index in [2.05, 4.69) is 5.32 Å². The van der Waals surface area contributed by atoms with E-state index in [4.69, 9.17) is 9.47 Å². The van der Waals surface area contributed by atoms with Crippen molar-refractivity contribution < 1.29 is 29.0 Å². The van der Waals surface area contributed by atoms with Crippen LogP contribution in [0.2, 0.25) is 0 Å². The second-order valence-electron chi connectivity index (χ2n) is 10.6. The summed E-state index contributed by atoms with van der Waals surface area (Å²) < 4.78 is 10.6. The van der Waals surface area contributed by atoms with E-state index in [0.29, 0.717) is 12.0 Å². The minimum absolute atomic E-state index is 0.145. The molecule has 1 aliphatic rings. The fourth-order valence-corrected chi connectivity index (χ4v) is 4.43. The maximum absolute atomic E-state index is 14.0. The number of hydrogen-bond acceptors (Lipinski definition) is 7. The van der Waals surface area contributed by atoms with Crippen molar-refractivity contribution in [1.29, 1.82) is 0 Å². The molecule has 200 valence electrons. The van der Waals surface area contributed by atoms with E-state index in [0.717, 1.165) is 22.4 Å². The quantitative estimate of drug-likeness (QED) is 0.461. The fraction of sp³-hybridized carbons (Fsp3) is 0.483. The second-order valence-corrected chi connectivity index (χ2v) is 10.6. The van der Waals surface area contributed by atoms with Crippen molar-refractivity contribution in [3.63, 3.8) is 0 Å². The van der Waals surface area contributed by atoms with Crippen LogP contribution < -0.4 is 5.32 Å². The van der Waals surface area contributed by atoms with Crippen LogP contribution in [0.3, 0.4) is 0 Å². The summed E-state index contributed by atoms with van der Waals surface area (Å²) in [6, 6.07) is 15.9. The number of cyclic esters (lactones) is 1. The molecule has 0 bridgehead atoms. The van der Waals surface area contributed by atoms with Gasteiger partial charge >= 0.3 is 12.1 Å². The molecule has 0 aliphatic carbocycles. The number of carbonyl (C=O) groups excluding carboxylic acids is 3. The van der Waals surface area contributed by atoms with Crippen LogP contribution in [0.25, 0.3) is 0 Å². The number of amides is 2. The third kappa shape index (κ3) is 6.96. The summed E-state index contributed by atoms with van der Waals surface area (Å²) in [7, 11) is 0. The molecule has 0 saturated carbocycles. The van der Waals surface area contributed by atoms with Gasteiger partial charge in [-0.25, -0.2) is 14.5 Å². The van der Waals surface area contributed by atoms with Crippen LogP contribution in [-0.2, 0) is 27.2 Å². The Hall–Kier alpha value is -3.23. The first-order chi connectivity index (χ1) is 17.5. The van der Waals surface area contributed by atoms with Gasteiger partial charge in [-0.2, -0.15) is 0 Å². The molecular weight excluding hydrogens is 472 g/mol. The summed E-state index contributed by atoms with van der Waals surface area (Å²) >= 11 is 0. The van der Waals surface area contributed by atoms with Crippen LogP contribution >= 0.6 is 0 Å². The van der Waals surface area contributed by atoms with Gasteiger partial charge in [0.25, 0.3) is 5.91 Å².